The minimum atomic E-state index is 0.429. The van der Waals surface area contributed by atoms with Crippen LogP contribution in [0.5, 0.6) is 0 Å². The predicted molar refractivity (Wildman–Crippen MR) is 183 cm³/mol. The molecule has 0 unspecified atom stereocenters. The zero-order valence-electron chi connectivity index (χ0n) is 24.9. The third-order valence-corrected chi connectivity index (χ3v) is 9.40. The fourth-order valence-electron chi connectivity index (χ4n) is 5.33. The van der Waals surface area contributed by atoms with E-state index in [0.717, 1.165) is 63.8 Å². The first-order chi connectivity index (χ1) is 21.4. The predicted octanol–water partition coefficient (Wildman–Crippen LogP) is 7.27. The lowest BCUT2D eigenvalue weighted by atomic mass is 10.1. The van der Waals surface area contributed by atoms with Crippen LogP contribution in [-0.2, 0) is 22.7 Å². The topological polar surface area (TPSA) is 121 Å². The molecule has 0 fully saturated rings. The van der Waals surface area contributed by atoms with E-state index in [2.05, 4.69) is 0 Å². The first kappa shape index (κ1) is 29.6. The molecule has 0 saturated carbocycles. The van der Waals surface area contributed by atoms with Gasteiger partial charge in [-0.1, -0.05) is 60.7 Å². The minimum absolute atomic E-state index is 0.429. The van der Waals surface area contributed by atoms with Crippen LogP contribution in [0.25, 0.3) is 20.4 Å². The van der Waals surface area contributed by atoms with Crippen LogP contribution in [0.4, 0.5) is 11.4 Å². The molecule has 222 valence electrons. The Hall–Kier alpha value is -4.48. The van der Waals surface area contributed by atoms with E-state index in [4.69, 9.17) is 41.1 Å². The molecule has 0 amide bonds. The first-order valence-corrected chi connectivity index (χ1v) is 15.6. The Morgan fingerprint density at radius 1 is 0.659 bits per heavy atom. The lowest BCUT2D eigenvalue weighted by Gasteiger charge is -2.08. The van der Waals surface area contributed by atoms with E-state index in [1.165, 1.54) is 22.7 Å². The number of nitrogens with two attached hydrogens (primary N) is 2. The molecule has 2 aromatic carbocycles. The summed E-state index contributed by atoms with van der Waals surface area (Å²) >= 11 is 3.01. The average molecular weight is 621 g/mol. The summed E-state index contributed by atoms with van der Waals surface area (Å²) in [4.78, 5) is 12.8. The van der Waals surface area contributed by atoms with Crippen LogP contribution < -0.4 is 11.5 Å². The quantitative estimate of drug-likeness (QED) is 0.130. The zero-order valence-corrected chi connectivity index (χ0v) is 26.6. The van der Waals surface area contributed by atoms with Crippen molar-refractivity contribution in [3.63, 3.8) is 0 Å². The standard InChI is InChI=1S/C34H32N6O2S2/c1-19-15-23(17-41-3)25-27(35)31(43-33(25)37-19)29(21-11-7-5-8-12-21)39-40-30(22-13-9-6-10-14-22)32-28(36)26-24(18-42-4)16-20(2)38-34(26)44-32/h5-16H,17-18,35-36H2,1-4H3/b39-29-,40-30-. The van der Waals surface area contributed by atoms with E-state index in [0.29, 0.717) is 36.0 Å². The number of ether oxygens (including phenoxy) is 2. The van der Waals surface area contributed by atoms with Gasteiger partial charge in [-0.3, -0.25) is 0 Å². The van der Waals surface area contributed by atoms with E-state index in [-0.39, 0.29) is 0 Å². The summed E-state index contributed by atoms with van der Waals surface area (Å²) in [6, 6.07) is 23.9. The highest BCUT2D eigenvalue weighted by Crippen LogP contribution is 2.39. The number of rotatable bonds is 9. The van der Waals surface area contributed by atoms with Gasteiger partial charge in [-0.2, -0.15) is 0 Å². The smallest absolute Gasteiger partial charge is 0.126 e. The summed E-state index contributed by atoms with van der Waals surface area (Å²) in [5, 5.41) is 11.6. The normalized spacial score (nSPS) is 12.5. The van der Waals surface area contributed by atoms with Crippen molar-refractivity contribution in [2.45, 2.75) is 27.1 Å². The molecule has 6 aromatic rings. The van der Waals surface area contributed by atoms with Gasteiger partial charge in [0.15, 0.2) is 0 Å². The molecule has 0 atom stereocenters. The molecule has 10 heteroatoms. The lowest BCUT2D eigenvalue weighted by molar-refractivity contribution is 0.186. The SMILES string of the molecule is COCc1cc(C)nc2sc(/C(=N\N=C(\c3ccccc3)c3sc4nc(C)cc(COC)c4c3N)c3ccccc3)c(N)c12. The molecule has 6 rings (SSSR count). The van der Waals surface area contributed by atoms with Gasteiger partial charge < -0.3 is 20.9 Å². The van der Waals surface area contributed by atoms with Crippen LogP contribution in [-0.4, -0.2) is 35.6 Å². The highest BCUT2D eigenvalue weighted by atomic mass is 32.1. The molecule has 0 aliphatic carbocycles. The second-order valence-electron chi connectivity index (χ2n) is 10.4. The fourth-order valence-corrected chi connectivity index (χ4v) is 7.71. The Labute approximate surface area is 263 Å². The number of hydrogen-bond acceptors (Lipinski definition) is 10. The molecular weight excluding hydrogens is 589 g/mol. The number of fused-ring (bicyclic) bond motifs is 2. The molecule has 8 nitrogen and oxygen atoms in total. The summed E-state index contributed by atoms with van der Waals surface area (Å²) in [5.41, 5.74) is 21.8. The monoisotopic (exact) mass is 620 g/mol. The van der Waals surface area contributed by atoms with E-state index in [1.54, 1.807) is 14.2 Å². The third-order valence-electron chi connectivity index (χ3n) is 7.19. The van der Waals surface area contributed by atoms with Gasteiger partial charge in [-0.25, -0.2) is 9.97 Å². The summed E-state index contributed by atoms with van der Waals surface area (Å²) in [6.07, 6.45) is 0. The van der Waals surface area contributed by atoms with Crippen molar-refractivity contribution in [1.82, 2.24) is 9.97 Å². The number of pyridine rings is 2. The van der Waals surface area contributed by atoms with Crippen LogP contribution in [0.3, 0.4) is 0 Å². The van der Waals surface area contributed by atoms with Crippen LogP contribution in [0.1, 0.15) is 43.4 Å². The maximum Gasteiger partial charge on any atom is 0.126 e. The molecule has 0 bridgehead atoms. The Bertz CT molecular complexity index is 1880. The number of nitrogens with zero attached hydrogens (tertiary/aromatic N) is 4. The third kappa shape index (κ3) is 5.60. The van der Waals surface area contributed by atoms with Crippen LogP contribution in [0.2, 0.25) is 0 Å². The Balaban J connectivity index is 1.61. The van der Waals surface area contributed by atoms with Crippen molar-refractivity contribution in [1.29, 1.82) is 0 Å². The van der Waals surface area contributed by atoms with Gasteiger partial charge in [0, 0.05) is 47.5 Å². The van der Waals surface area contributed by atoms with Gasteiger partial charge in [-0.15, -0.1) is 32.9 Å². The molecular formula is C34H32N6O2S2. The number of aryl methyl sites for hydroxylation is 2. The van der Waals surface area contributed by atoms with Gasteiger partial charge in [0.2, 0.25) is 0 Å². The maximum atomic E-state index is 6.87. The van der Waals surface area contributed by atoms with Crippen LogP contribution in [0.15, 0.2) is 83.0 Å². The Morgan fingerprint density at radius 2 is 1.05 bits per heavy atom. The Kier molecular flexibility index (Phi) is 8.49. The molecule has 0 aliphatic rings. The number of benzene rings is 2. The molecule has 4 N–H and O–H groups in total. The van der Waals surface area contributed by atoms with E-state index < -0.39 is 0 Å². The number of aromatic nitrogens is 2. The van der Waals surface area contributed by atoms with Crippen molar-refractivity contribution < 1.29 is 9.47 Å². The highest BCUT2D eigenvalue weighted by molar-refractivity contribution is 7.22. The summed E-state index contributed by atoms with van der Waals surface area (Å²) in [7, 11) is 3.35. The molecule has 0 radical (unpaired) electrons. The molecule has 4 aromatic heterocycles. The zero-order chi connectivity index (χ0) is 30.8. The van der Waals surface area contributed by atoms with Crippen LogP contribution >= 0.6 is 22.7 Å². The number of hydrogen-bond donors (Lipinski definition) is 2. The summed E-state index contributed by atoms with van der Waals surface area (Å²) < 4.78 is 11.0. The summed E-state index contributed by atoms with van der Waals surface area (Å²) in [5.74, 6) is 0. The molecule has 44 heavy (non-hydrogen) atoms. The number of thiophene rings is 2. The molecule has 4 heterocycles. The van der Waals surface area contributed by atoms with Gasteiger partial charge in [-0.05, 0) is 37.1 Å². The van der Waals surface area contributed by atoms with E-state index in [1.807, 2.05) is 86.6 Å². The minimum Gasteiger partial charge on any atom is -0.397 e. The summed E-state index contributed by atoms with van der Waals surface area (Å²) in [6.45, 7) is 4.80. The van der Waals surface area contributed by atoms with Gasteiger partial charge >= 0.3 is 0 Å². The largest absolute Gasteiger partial charge is 0.397 e. The fraction of sp³-hybridized carbons (Fsp3) is 0.176. The highest BCUT2D eigenvalue weighted by Gasteiger charge is 2.23. The molecule has 0 saturated heterocycles. The van der Waals surface area contributed by atoms with E-state index >= 15 is 0 Å². The number of nitrogen functional groups attached to an aromatic ring is 2. The van der Waals surface area contributed by atoms with Crippen LogP contribution in [0, 0.1) is 13.8 Å². The van der Waals surface area contributed by atoms with Crippen molar-refractivity contribution >= 4 is 65.9 Å². The van der Waals surface area contributed by atoms with Crippen molar-refractivity contribution in [3.8, 4) is 0 Å². The first-order valence-electron chi connectivity index (χ1n) is 14.0. The molecule has 0 aliphatic heterocycles. The maximum absolute atomic E-state index is 6.87. The van der Waals surface area contributed by atoms with Gasteiger partial charge in [0.05, 0.1) is 34.3 Å². The second-order valence-corrected chi connectivity index (χ2v) is 12.4. The van der Waals surface area contributed by atoms with Crippen molar-refractivity contribution in [2.24, 2.45) is 10.2 Å². The van der Waals surface area contributed by atoms with E-state index in [9.17, 15) is 0 Å². The number of anilines is 2. The average Bonchev–Trinajstić information content (AvgIpc) is 3.52. The van der Waals surface area contributed by atoms with Crippen molar-refractivity contribution in [3.05, 3.63) is 116 Å². The Morgan fingerprint density at radius 3 is 1.41 bits per heavy atom. The molecule has 0 spiro atoms. The lowest BCUT2D eigenvalue weighted by Crippen LogP contribution is -2.07. The van der Waals surface area contributed by atoms with Gasteiger partial charge in [0.1, 0.15) is 21.1 Å². The number of methoxy groups -OCH3 is 2. The van der Waals surface area contributed by atoms with Crippen molar-refractivity contribution in [2.75, 3.05) is 25.7 Å². The second kappa shape index (κ2) is 12.6. The van der Waals surface area contributed by atoms with Gasteiger partial charge in [0.25, 0.3) is 0 Å².